The Hall–Kier alpha value is -3.37. The van der Waals surface area contributed by atoms with E-state index in [0.29, 0.717) is 28.9 Å². The molecule has 1 fully saturated rings. The Balaban J connectivity index is 1.69. The molecule has 2 aromatic heterocycles. The number of nitrogens with one attached hydrogen (secondary N) is 1. The van der Waals surface area contributed by atoms with Gasteiger partial charge < -0.3 is 11.1 Å². The van der Waals surface area contributed by atoms with Crippen LogP contribution in [0.2, 0.25) is 0 Å². The lowest BCUT2D eigenvalue weighted by Gasteiger charge is -2.26. The van der Waals surface area contributed by atoms with E-state index in [1.165, 1.54) is 4.31 Å². The number of hydrogen-bond donors (Lipinski definition) is 2. The Bertz CT molecular complexity index is 1150. The van der Waals surface area contributed by atoms with E-state index in [0.717, 1.165) is 0 Å². The zero-order chi connectivity index (χ0) is 20.4. The lowest BCUT2D eigenvalue weighted by atomic mass is 10.1. The van der Waals surface area contributed by atoms with Gasteiger partial charge in [0.15, 0.2) is 0 Å². The second-order valence-corrected chi connectivity index (χ2v) is 8.35. The molecule has 0 bridgehead atoms. The van der Waals surface area contributed by atoms with Crippen molar-refractivity contribution in [2.75, 3.05) is 25.4 Å². The highest BCUT2D eigenvalue weighted by atomic mass is 32.2. The molecule has 9 nitrogen and oxygen atoms in total. The fourth-order valence-corrected chi connectivity index (χ4v) is 4.70. The van der Waals surface area contributed by atoms with Gasteiger partial charge in [-0.2, -0.15) is 4.31 Å². The van der Waals surface area contributed by atoms with Gasteiger partial charge in [-0.3, -0.25) is 9.78 Å². The van der Waals surface area contributed by atoms with Gasteiger partial charge >= 0.3 is 0 Å². The largest absolute Gasteiger partial charge is 0.368 e. The first-order chi connectivity index (χ1) is 13.9. The molecule has 0 aliphatic carbocycles. The van der Waals surface area contributed by atoms with Crippen molar-refractivity contribution in [1.82, 2.24) is 24.6 Å². The molecule has 1 aliphatic heterocycles. The molecule has 0 unspecified atom stereocenters. The first kappa shape index (κ1) is 19.0. The van der Waals surface area contributed by atoms with Crippen molar-refractivity contribution in [3.05, 3.63) is 55.0 Å². The maximum Gasteiger partial charge on any atom is 0.244 e. The van der Waals surface area contributed by atoms with E-state index in [1.807, 2.05) is 0 Å². The fourth-order valence-electron chi connectivity index (χ4n) is 3.08. The molecule has 4 rings (SSSR count). The Morgan fingerprint density at radius 2 is 1.69 bits per heavy atom. The summed E-state index contributed by atoms with van der Waals surface area (Å²) in [6, 6.07) is 10.2. The van der Waals surface area contributed by atoms with Gasteiger partial charge in [-0.05, 0) is 12.1 Å². The molecule has 0 radical (unpaired) electrons. The van der Waals surface area contributed by atoms with Crippen LogP contribution in [0.15, 0.2) is 59.9 Å². The van der Waals surface area contributed by atoms with E-state index < -0.39 is 10.0 Å². The number of carbonyl (C=O) groups is 1. The number of nitrogens with two attached hydrogens (primary N) is 1. The lowest BCUT2D eigenvalue weighted by molar-refractivity contribution is -0.122. The molecule has 1 aromatic carbocycles. The van der Waals surface area contributed by atoms with Crippen molar-refractivity contribution in [1.29, 1.82) is 0 Å². The molecule has 3 N–H and O–H groups in total. The second-order valence-electron chi connectivity index (χ2n) is 6.45. The smallest absolute Gasteiger partial charge is 0.244 e. The number of hydrogen-bond acceptors (Lipinski definition) is 7. The van der Waals surface area contributed by atoms with Crippen LogP contribution in [0.1, 0.15) is 0 Å². The van der Waals surface area contributed by atoms with Crippen molar-refractivity contribution in [3.8, 4) is 22.4 Å². The van der Waals surface area contributed by atoms with Gasteiger partial charge in [0.2, 0.25) is 21.9 Å². The molecule has 0 saturated carbocycles. The average molecular weight is 410 g/mol. The Morgan fingerprint density at radius 3 is 2.38 bits per heavy atom. The quantitative estimate of drug-likeness (QED) is 0.653. The van der Waals surface area contributed by atoms with Gasteiger partial charge in [0.1, 0.15) is 0 Å². The number of aromatic nitrogens is 3. The van der Waals surface area contributed by atoms with Crippen LogP contribution in [0.4, 0.5) is 5.95 Å². The Kier molecular flexibility index (Phi) is 4.95. The van der Waals surface area contributed by atoms with E-state index in [4.69, 9.17) is 5.73 Å². The number of benzene rings is 1. The highest BCUT2D eigenvalue weighted by Gasteiger charge is 2.31. The van der Waals surface area contributed by atoms with Crippen molar-refractivity contribution in [3.63, 3.8) is 0 Å². The molecule has 29 heavy (non-hydrogen) atoms. The molecular weight excluding hydrogens is 392 g/mol. The normalized spacial score (nSPS) is 15.1. The zero-order valence-corrected chi connectivity index (χ0v) is 16.1. The van der Waals surface area contributed by atoms with Crippen molar-refractivity contribution >= 4 is 21.9 Å². The van der Waals surface area contributed by atoms with Gasteiger partial charge in [0.25, 0.3) is 0 Å². The number of pyridine rings is 1. The lowest BCUT2D eigenvalue weighted by Crippen LogP contribution is -2.49. The molecule has 3 heterocycles. The van der Waals surface area contributed by atoms with Crippen molar-refractivity contribution < 1.29 is 13.2 Å². The van der Waals surface area contributed by atoms with Gasteiger partial charge in [-0.15, -0.1) is 0 Å². The van der Waals surface area contributed by atoms with Gasteiger partial charge in [-0.25, -0.2) is 18.4 Å². The first-order valence-electron chi connectivity index (χ1n) is 8.85. The molecular formula is C19H18N6O3S. The predicted octanol–water partition coefficient (Wildman–Crippen LogP) is 0.908. The summed E-state index contributed by atoms with van der Waals surface area (Å²) in [5, 5.41) is 2.63. The number of piperazine rings is 1. The summed E-state index contributed by atoms with van der Waals surface area (Å²) in [5.41, 5.74) is 8.01. The third-order valence-corrected chi connectivity index (χ3v) is 6.45. The maximum atomic E-state index is 13.1. The number of carbonyl (C=O) groups excluding carboxylic acids is 1. The van der Waals surface area contributed by atoms with E-state index in [1.54, 1.807) is 55.0 Å². The minimum atomic E-state index is -3.83. The summed E-state index contributed by atoms with van der Waals surface area (Å²) in [6.07, 6.45) is 4.75. The molecule has 0 atom stereocenters. The third-order valence-electron chi connectivity index (χ3n) is 4.55. The Labute approximate surface area is 167 Å². The predicted molar refractivity (Wildman–Crippen MR) is 107 cm³/mol. The van der Waals surface area contributed by atoms with Crippen LogP contribution < -0.4 is 11.1 Å². The SMILES string of the molecule is Nc1ncc(-c2ccc(-c3ccccc3S(=O)(=O)N3CCNC(=O)C3)cn2)cn1. The molecule has 1 aliphatic rings. The van der Waals surface area contributed by atoms with E-state index in [-0.39, 0.29) is 29.8 Å². The number of anilines is 1. The van der Waals surface area contributed by atoms with Gasteiger partial charge in [0, 0.05) is 48.4 Å². The molecule has 1 amide bonds. The first-order valence-corrected chi connectivity index (χ1v) is 10.3. The summed E-state index contributed by atoms with van der Waals surface area (Å²) in [4.78, 5) is 24.1. The topological polar surface area (TPSA) is 131 Å². The summed E-state index contributed by atoms with van der Waals surface area (Å²) in [7, 11) is -3.83. The standard InChI is InChI=1S/C19H18N6O3S/c20-19-23-10-14(11-24-19)16-6-5-13(9-22-16)15-3-1-2-4-17(15)29(27,28)25-8-7-21-18(26)12-25/h1-6,9-11H,7-8,12H2,(H,21,26)(H2,20,23,24). The van der Waals surface area contributed by atoms with Crippen LogP contribution in [-0.2, 0) is 14.8 Å². The summed E-state index contributed by atoms with van der Waals surface area (Å²) in [5.74, 6) is -0.134. The summed E-state index contributed by atoms with van der Waals surface area (Å²) < 4.78 is 27.5. The van der Waals surface area contributed by atoms with E-state index >= 15 is 0 Å². The summed E-state index contributed by atoms with van der Waals surface area (Å²) >= 11 is 0. The summed E-state index contributed by atoms with van der Waals surface area (Å²) in [6.45, 7) is 0.335. The third kappa shape index (κ3) is 3.80. The maximum absolute atomic E-state index is 13.1. The van der Waals surface area contributed by atoms with Crippen LogP contribution in [0.5, 0.6) is 0 Å². The minimum Gasteiger partial charge on any atom is -0.368 e. The second kappa shape index (κ2) is 7.57. The Morgan fingerprint density at radius 1 is 0.966 bits per heavy atom. The highest BCUT2D eigenvalue weighted by molar-refractivity contribution is 7.89. The van der Waals surface area contributed by atoms with Crippen LogP contribution in [0.25, 0.3) is 22.4 Å². The van der Waals surface area contributed by atoms with Crippen LogP contribution in [0, 0.1) is 0 Å². The number of amides is 1. The number of rotatable bonds is 4. The number of nitrogens with zero attached hydrogens (tertiary/aromatic N) is 4. The van der Waals surface area contributed by atoms with Crippen LogP contribution in [0.3, 0.4) is 0 Å². The average Bonchev–Trinajstić information content (AvgIpc) is 2.74. The van der Waals surface area contributed by atoms with E-state index in [9.17, 15) is 13.2 Å². The highest BCUT2D eigenvalue weighted by Crippen LogP contribution is 2.30. The zero-order valence-electron chi connectivity index (χ0n) is 15.3. The number of sulfonamides is 1. The molecule has 148 valence electrons. The molecule has 10 heteroatoms. The molecule has 1 saturated heterocycles. The van der Waals surface area contributed by atoms with Crippen LogP contribution in [-0.4, -0.2) is 53.2 Å². The van der Waals surface area contributed by atoms with E-state index in [2.05, 4.69) is 20.3 Å². The monoisotopic (exact) mass is 410 g/mol. The molecule has 0 spiro atoms. The van der Waals surface area contributed by atoms with Crippen molar-refractivity contribution in [2.24, 2.45) is 0 Å². The minimum absolute atomic E-state index is 0.139. The fraction of sp³-hybridized carbons (Fsp3) is 0.158. The molecule has 3 aromatic rings. The number of nitrogen functional groups attached to an aromatic ring is 1. The van der Waals surface area contributed by atoms with Crippen LogP contribution >= 0.6 is 0 Å². The van der Waals surface area contributed by atoms with Crippen molar-refractivity contribution in [2.45, 2.75) is 4.90 Å². The van der Waals surface area contributed by atoms with Gasteiger partial charge in [0.05, 0.1) is 17.1 Å². The van der Waals surface area contributed by atoms with Gasteiger partial charge in [-0.1, -0.05) is 24.3 Å².